The molecule has 2 atom stereocenters. The first kappa shape index (κ1) is 19.4. The fourth-order valence-corrected chi connectivity index (χ4v) is 2.78. The minimum atomic E-state index is -1.46. The number of anilines is 2. The topological polar surface area (TPSA) is 75.9 Å². The van der Waals surface area contributed by atoms with E-state index in [0.717, 1.165) is 16.9 Å². The molecule has 142 valence electrons. The zero-order valence-corrected chi connectivity index (χ0v) is 16.7. The molecule has 1 aromatic heterocycles. The molecule has 0 fully saturated rings. The molecule has 27 heavy (non-hydrogen) atoms. The van der Waals surface area contributed by atoms with E-state index in [1.54, 1.807) is 26.0 Å². The molecule has 6 nitrogen and oxygen atoms in total. The molecule has 0 aliphatic carbocycles. The zero-order valence-electron chi connectivity index (χ0n) is 15.5. The van der Waals surface area contributed by atoms with Gasteiger partial charge in [-0.25, -0.2) is 4.39 Å². The lowest BCUT2D eigenvalue weighted by molar-refractivity contribution is 0.0526. The molecule has 0 amide bonds. The fourth-order valence-electron chi connectivity index (χ4n) is 2.59. The van der Waals surface area contributed by atoms with Gasteiger partial charge < -0.3 is 10.4 Å². The van der Waals surface area contributed by atoms with E-state index < -0.39 is 11.0 Å². The van der Waals surface area contributed by atoms with Crippen molar-refractivity contribution < 1.29 is 9.50 Å². The molecule has 0 saturated carbocycles. The lowest BCUT2D eigenvalue weighted by atomic mass is 10.1. The molecule has 0 aliphatic heterocycles. The maximum absolute atomic E-state index is 14.0. The van der Waals surface area contributed by atoms with Gasteiger partial charge in [0.05, 0.1) is 12.1 Å². The molecule has 3 aromatic rings. The first-order valence-electron chi connectivity index (χ1n) is 8.57. The average molecular weight is 387 g/mol. The third-order valence-electron chi connectivity index (χ3n) is 3.88. The molecular formula is C19H23FN5OP. The van der Waals surface area contributed by atoms with Gasteiger partial charge in [0, 0.05) is 16.9 Å². The summed E-state index contributed by atoms with van der Waals surface area (Å²) in [4.78, 5) is 1.38. The number of aliphatic hydroxyl groups is 1. The van der Waals surface area contributed by atoms with Crippen LogP contribution in [0.5, 0.6) is 0 Å². The van der Waals surface area contributed by atoms with Gasteiger partial charge in [0.15, 0.2) is 0 Å². The summed E-state index contributed by atoms with van der Waals surface area (Å²) in [6, 6.07) is 14.7. The second kappa shape index (κ2) is 7.33. The Morgan fingerprint density at radius 3 is 2.41 bits per heavy atom. The number of alkyl halides is 1. The van der Waals surface area contributed by atoms with Gasteiger partial charge >= 0.3 is 0 Å². The van der Waals surface area contributed by atoms with Crippen molar-refractivity contribution in [1.29, 1.82) is 0 Å². The molecule has 2 unspecified atom stereocenters. The van der Waals surface area contributed by atoms with E-state index in [9.17, 15) is 9.50 Å². The summed E-state index contributed by atoms with van der Waals surface area (Å²) in [6.07, 6.45) is 0. The SMILES string of the molecule is CC(C)(O)Cn1nnc(-c2ccccc2Nc2ccc(C(C)(F)P)cc2)n1. The number of nitrogens with one attached hydrogen (secondary N) is 1. The summed E-state index contributed by atoms with van der Waals surface area (Å²) < 4.78 is 14.0. The van der Waals surface area contributed by atoms with E-state index in [4.69, 9.17) is 0 Å². The molecule has 8 heteroatoms. The van der Waals surface area contributed by atoms with Gasteiger partial charge in [0.25, 0.3) is 0 Å². The predicted octanol–water partition coefficient (Wildman–Crippen LogP) is 3.87. The van der Waals surface area contributed by atoms with Crippen LogP contribution in [0.2, 0.25) is 0 Å². The third kappa shape index (κ3) is 5.08. The maximum Gasteiger partial charge on any atom is 0.207 e. The van der Waals surface area contributed by atoms with Crippen LogP contribution in [-0.2, 0) is 12.0 Å². The lowest BCUT2D eigenvalue weighted by Crippen LogP contribution is -2.27. The smallest absolute Gasteiger partial charge is 0.207 e. The molecule has 0 spiro atoms. The first-order valence-corrected chi connectivity index (χ1v) is 9.14. The van der Waals surface area contributed by atoms with E-state index in [0.29, 0.717) is 11.4 Å². The summed E-state index contributed by atoms with van der Waals surface area (Å²) in [6.45, 7) is 5.12. The highest BCUT2D eigenvalue weighted by molar-refractivity contribution is 7.18. The number of hydrogen-bond acceptors (Lipinski definition) is 5. The molecule has 0 saturated heterocycles. The van der Waals surface area contributed by atoms with Gasteiger partial charge in [-0.2, -0.15) is 4.80 Å². The summed E-state index contributed by atoms with van der Waals surface area (Å²) in [5, 5.41) is 24.2. The molecule has 0 radical (unpaired) electrons. The number of tetrazole rings is 1. The highest BCUT2D eigenvalue weighted by Gasteiger charge is 2.19. The highest BCUT2D eigenvalue weighted by atomic mass is 31.0. The Hall–Kier alpha value is -2.37. The van der Waals surface area contributed by atoms with Crippen molar-refractivity contribution in [3.8, 4) is 11.4 Å². The Bertz CT molecular complexity index is 913. The first-order chi connectivity index (χ1) is 12.6. The third-order valence-corrected chi connectivity index (χ3v) is 4.21. The van der Waals surface area contributed by atoms with Crippen LogP contribution in [0, 0.1) is 0 Å². The minimum Gasteiger partial charge on any atom is -0.388 e. The standard InChI is InChI=1S/C19H23FN5OP/c1-18(2,26)12-25-23-17(22-24-25)15-6-4-5-7-16(15)21-14-10-8-13(9-11-14)19(3,20)27/h4-11,21,26H,12,27H2,1-3H3. The number of hydrogen-bond donors (Lipinski definition) is 2. The van der Waals surface area contributed by atoms with Gasteiger partial charge in [-0.05, 0) is 55.8 Å². The van der Waals surface area contributed by atoms with Crippen molar-refractivity contribution in [2.75, 3.05) is 5.32 Å². The Labute approximate surface area is 160 Å². The molecule has 1 heterocycles. The van der Waals surface area contributed by atoms with E-state index >= 15 is 0 Å². The minimum absolute atomic E-state index is 0.244. The number of rotatable bonds is 6. The number of nitrogens with zero attached hydrogens (tertiary/aromatic N) is 4. The second-order valence-electron chi connectivity index (χ2n) is 7.28. The average Bonchev–Trinajstić information content (AvgIpc) is 3.01. The van der Waals surface area contributed by atoms with Crippen LogP contribution in [0.4, 0.5) is 15.8 Å². The number of halogens is 1. The van der Waals surface area contributed by atoms with Crippen LogP contribution >= 0.6 is 9.24 Å². The Morgan fingerprint density at radius 2 is 1.78 bits per heavy atom. The molecule has 2 aromatic carbocycles. The van der Waals surface area contributed by atoms with E-state index in [-0.39, 0.29) is 6.54 Å². The number of benzene rings is 2. The molecule has 2 N–H and O–H groups in total. The Kier molecular flexibility index (Phi) is 5.27. The van der Waals surface area contributed by atoms with Crippen molar-refractivity contribution in [3.63, 3.8) is 0 Å². The Balaban J connectivity index is 1.84. The van der Waals surface area contributed by atoms with Crippen LogP contribution in [0.1, 0.15) is 26.3 Å². The maximum atomic E-state index is 14.0. The van der Waals surface area contributed by atoms with Crippen LogP contribution in [0.3, 0.4) is 0 Å². The van der Waals surface area contributed by atoms with Gasteiger partial charge in [-0.3, -0.25) is 0 Å². The number of para-hydroxylation sites is 1. The van der Waals surface area contributed by atoms with Crippen molar-refractivity contribution in [2.24, 2.45) is 0 Å². The molecule has 3 rings (SSSR count). The van der Waals surface area contributed by atoms with Crippen LogP contribution in [0.25, 0.3) is 11.4 Å². The lowest BCUT2D eigenvalue weighted by Gasteiger charge is -2.16. The largest absolute Gasteiger partial charge is 0.388 e. The van der Waals surface area contributed by atoms with Gasteiger partial charge in [-0.15, -0.1) is 10.2 Å². The summed E-state index contributed by atoms with van der Waals surface area (Å²) in [5.74, 6) is 0.459. The molecular weight excluding hydrogens is 364 g/mol. The quantitative estimate of drug-likeness (QED) is 0.628. The van der Waals surface area contributed by atoms with Crippen molar-refractivity contribution in [3.05, 3.63) is 54.1 Å². The predicted molar refractivity (Wildman–Crippen MR) is 107 cm³/mol. The summed E-state index contributed by atoms with van der Waals surface area (Å²) in [5.41, 5.74) is 2.07. The second-order valence-corrected chi connectivity index (χ2v) is 8.36. The van der Waals surface area contributed by atoms with Crippen molar-refractivity contribution in [1.82, 2.24) is 20.2 Å². The monoisotopic (exact) mass is 387 g/mol. The van der Waals surface area contributed by atoms with Gasteiger partial charge in [0.2, 0.25) is 5.82 Å². The summed E-state index contributed by atoms with van der Waals surface area (Å²) >= 11 is 0. The van der Waals surface area contributed by atoms with Gasteiger partial charge in [-0.1, -0.05) is 33.5 Å². The number of aromatic nitrogens is 4. The van der Waals surface area contributed by atoms with Crippen LogP contribution in [-0.4, -0.2) is 30.9 Å². The van der Waals surface area contributed by atoms with Crippen molar-refractivity contribution >= 4 is 20.6 Å². The highest BCUT2D eigenvalue weighted by Crippen LogP contribution is 2.34. The molecule has 0 bridgehead atoms. The fraction of sp³-hybridized carbons (Fsp3) is 0.316. The Morgan fingerprint density at radius 1 is 1.11 bits per heavy atom. The van der Waals surface area contributed by atoms with Crippen molar-refractivity contribution in [2.45, 2.75) is 38.3 Å². The molecule has 0 aliphatic rings. The van der Waals surface area contributed by atoms with E-state index in [1.165, 1.54) is 11.7 Å². The van der Waals surface area contributed by atoms with E-state index in [1.807, 2.05) is 36.4 Å². The van der Waals surface area contributed by atoms with Crippen LogP contribution in [0.15, 0.2) is 48.5 Å². The van der Waals surface area contributed by atoms with Crippen LogP contribution < -0.4 is 5.32 Å². The summed E-state index contributed by atoms with van der Waals surface area (Å²) in [7, 11) is 2.19. The van der Waals surface area contributed by atoms with Gasteiger partial charge in [0.1, 0.15) is 5.41 Å². The van der Waals surface area contributed by atoms with E-state index in [2.05, 4.69) is 30.0 Å². The zero-order chi connectivity index (χ0) is 19.7. The normalized spacial score (nSPS) is 14.0.